The number of amides is 1. The van der Waals surface area contributed by atoms with Crippen LogP contribution in [-0.4, -0.2) is 43.3 Å². The van der Waals surface area contributed by atoms with Gasteiger partial charge in [0.1, 0.15) is 12.3 Å². The fourth-order valence-corrected chi connectivity index (χ4v) is 8.59. The standard InChI is InChI=1S/C16H26Cl3NO4Si/c1-14(2,3)25(15(4,5)6)22-9-11-10(24-25)7-8-12(23-11)20-13(21)16(17,18)19/h7-8,10-12H,9H2,1-6H3,(H,20,21)/t10-,11+,12+/m0/s1. The van der Waals surface area contributed by atoms with Gasteiger partial charge in [0.25, 0.3) is 9.70 Å². The molecule has 0 aromatic carbocycles. The van der Waals surface area contributed by atoms with E-state index in [1.54, 1.807) is 6.08 Å². The van der Waals surface area contributed by atoms with Crippen LogP contribution >= 0.6 is 34.8 Å². The topological polar surface area (TPSA) is 56.8 Å². The number of carbonyl (C=O) groups excluding carboxylic acids is 1. The highest BCUT2D eigenvalue weighted by molar-refractivity contribution is 6.76. The first-order valence-corrected chi connectivity index (χ1v) is 11.2. The fourth-order valence-electron chi connectivity index (χ4n) is 3.52. The van der Waals surface area contributed by atoms with Gasteiger partial charge in [0.05, 0.1) is 12.7 Å². The van der Waals surface area contributed by atoms with Crippen LogP contribution < -0.4 is 5.32 Å². The van der Waals surface area contributed by atoms with E-state index in [-0.39, 0.29) is 22.3 Å². The van der Waals surface area contributed by atoms with Crippen LogP contribution in [0.1, 0.15) is 41.5 Å². The molecule has 25 heavy (non-hydrogen) atoms. The van der Waals surface area contributed by atoms with Gasteiger partial charge in [-0.3, -0.25) is 4.79 Å². The Labute approximate surface area is 165 Å². The summed E-state index contributed by atoms with van der Waals surface area (Å²) in [5.41, 5.74) is 0. The fraction of sp³-hybridized carbons (Fsp3) is 0.812. The van der Waals surface area contributed by atoms with E-state index in [0.717, 1.165) is 0 Å². The minimum atomic E-state index is -2.56. The van der Waals surface area contributed by atoms with Gasteiger partial charge in [-0.05, 0) is 6.08 Å². The number of alkyl halides is 3. The molecular formula is C16H26Cl3NO4Si. The van der Waals surface area contributed by atoms with Crippen LogP contribution in [0.5, 0.6) is 0 Å². The van der Waals surface area contributed by atoms with Crippen molar-refractivity contribution < 1.29 is 18.4 Å². The Morgan fingerprint density at radius 2 is 1.64 bits per heavy atom. The summed E-state index contributed by atoms with van der Waals surface area (Å²) < 4.78 is 16.7. The Morgan fingerprint density at radius 1 is 1.08 bits per heavy atom. The van der Waals surface area contributed by atoms with Crippen molar-refractivity contribution in [2.24, 2.45) is 0 Å². The van der Waals surface area contributed by atoms with Crippen molar-refractivity contribution in [3.05, 3.63) is 12.2 Å². The number of fused-ring (bicyclic) bond motifs is 1. The van der Waals surface area contributed by atoms with E-state index in [4.69, 9.17) is 48.4 Å². The van der Waals surface area contributed by atoms with E-state index in [9.17, 15) is 4.79 Å². The summed E-state index contributed by atoms with van der Waals surface area (Å²) in [6, 6.07) is 0. The molecular weight excluding hydrogens is 405 g/mol. The molecule has 1 saturated heterocycles. The van der Waals surface area contributed by atoms with Gasteiger partial charge in [0, 0.05) is 10.1 Å². The molecule has 0 saturated carbocycles. The molecule has 2 heterocycles. The SMILES string of the molecule is CC(C)(C)[Si]1(C(C)(C)C)OC[C@H]2O[C@@H](NC(=O)C(Cl)(Cl)Cl)C=C[C@@H]2O1. The quantitative estimate of drug-likeness (QED) is 0.384. The van der Waals surface area contributed by atoms with E-state index >= 15 is 0 Å². The zero-order valence-electron chi connectivity index (χ0n) is 15.4. The predicted octanol–water partition coefficient (Wildman–Crippen LogP) is 4.21. The predicted molar refractivity (Wildman–Crippen MR) is 102 cm³/mol. The van der Waals surface area contributed by atoms with E-state index < -0.39 is 24.5 Å². The summed E-state index contributed by atoms with van der Waals surface area (Å²) in [6.45, 7) is 13.3. The number of halogens is 3. The Morgan fingerprint density at radius 3 is 2.12 bits per heavy atom. The summed E-state index contributed by atoms with van der Waals surface area (Å²) in [7, 11) is -2.56. The zero-order valence-corrected chi connectivity index (χ0v) is 18.6. The van der Waals surface area contributed by atoms with Crippen molar-refractivity contribution in [2.75, 3.05) is 6.61 Å². The van der Waals surface area contributed by atoms with Gasteiger partial charge < -0.3 is 18.9 Å². The second kappa shape index (κ2) is 6.97. The molecule has 3 atom stereocenters. The smallest absolute Gasteiger partial charge is 0.349 e. The van der Waals surface area contributed by atoms with E-state index in [1.807, 2.05) is 6.08 Å². The van der Waals surface area contributed by atoms with Crippen LogP contribution in [0.3, 0.4) is 0 Å². The normalized spacial score (nSPS) is 29.9. The largest absolute Gasteiger partial charge is 0.391 e. The second-order valence-electron chi connectivity index (χ2n) is 8.46. The first-order valence-electron chi connectivity index (χ1n) is 8.21. The highest BCUT2D eigenvalue weighted by Crippen LogP contribution is 2.54. The molecule has 1 N–H and O–H groups in total. The minimum absolute atomic E-state index is 0.107. The summed E-state index contributed by atoms with van der Waals surface area (Å²) in [5.74, 6) is -0.739. The highest BCUT2D eigenvalue weighted by Gasteiger charge is 2.62. The molecule has 0 spiro atoms. The van der Waals surface area contributed by atoms with Crippen LogP contribution in [0.4, 0.5) is 0 Å². The molecule has 2 rings (SSSR count). The molecule has 2 aliphatic heterocycles. The number of rotatable bonds is 1. The molecule has 0 bridgehead atoms. The maximum Gasteiger partial charge on any atom is 0.349 e. The first kappa shape index (κ1) is 21.5. The maximum absolute atomic E-state index is 11.8. The van der Waals surface area contributed by atoms with Gasteiger partial charge in [-0.1, -0.05) is 82.4 Å². The Balaban J connectivity index is 2.16. The lowest BCUT2D eigenvalue weighted by molar-refractivity contribution is -0.138. The summed E-state index contributed by atoms with van der Waals surface area (Å²) in [5, 5.41) is 2.32. The van der Waals surface area contributed by atoms with Crippen LogP contribution in [0.25, 0.3) is 0 Å². The molecule has 0 aliphatic carbocycles. The molecule has 0 radical (unpaired) electrons. The molecule has 0 aromatic heterocycles. The summed E-state index contributed by atoms with van der Waals surface area (Å²) >= 11 is 16.7. The summed E-state index contributed by atoms with van der Waals surface area (Å²) in [6.07, 6.45) is 2.38. The van der Waals surface area contributed by atoms with Crippen molar-refractivity contribution in [2.45, 2.75) is 73.8 Å². The monoisotopic (exact) mass is 429 g/mol. The summed E-state index contributed by atoms with van der Waals surface area (Å²) in [4.78, 5) is 11.8. The van der Waals surface area contributed by atoms with Crippen LogP contribution in [0.2, 0.25) is 10.1 Å². The molecule has 9 heteroatoms. The number of hydrogen-bond acceptors (Lipinski definition) is 4. The maximum atomic E-state index is 11.8. The molecule has 1 amide bonds. The van der Waals surface area contributed by atoms with Crippen LogP contribution in [-0.2, 0) is 18.4 Å². The van der Waals surface area contributed by atoms with E-state index in [2.05, 4.69) is 46.9 Å². The lowest BCUT2D eigenvalue weighted by Gasteiger charge is -2.55. The molecule has 1 fully saturated rings. The van der Waals surface area contributed by atoms with Crippen molar-refractivity contribution in [1.82, 2.24) is 5.32 Å². The van der Waals surface area contributed by atoms with Crippen molar-refractivity contribution in [1.29, 1.82) is 0 Å². The van der Waals surface area contributed by atoms with Gasteiger partial charge in [-0.15, -0.1) is 0 Å². The zero-order chi connectivity index (χ0) is 19.3. The minimum Gasteiger partial charge on any atom is -0.391 e. The van der Waals surface area contributed by atoms with Crippen molar-refractivity contribution in [3.63, 3.8) is 0 Å². The molecule has 5 nitrogen and oxygen atoms in total. The Hall–Kier alpha value is 0.177. The van der Waals surface area contributed by atoms with Crippen molar-refractivity contribution >= 4 is 49.3 Å². The van der Waals surface area contributed by atoms with Crippen LogP contribution in [0.15, 0.2) is 12.2 Å². The third kappa shape index (κ3) is 4.37. The van der Waals surface area contributed by atoms with Gasteiger partial charge >= 0.3 is 8.56 Å². The Bertz CT molecular complexity index is 537. The number of ether oxygens (including phenoxy) is 1. The third-order valence-corrected chi connectivity index (χ3v) is 10.1. The van der Waals surface area contributed by atoms with Gasteiger partial charge in [0.2, 0.25) is 0 Å². The highest BCUT2D eigenvalue weighted by atomic mass is 35.6. The van der Waals surface area contributed by atoms with Gasteiger partial charge in [-0.25, -0.2) is 0 Å². The molecule has 144 valence electrons. The number of carbonyl (C=O) groups is 1. The first-order chi connectivity index (χ1) is 11.2. The molecule has 0 unspecified atom stereocenters. The average molecular weight is 431 g/mol. The van der Waals surface area contributed by atoms with Gasteiger partial charge in [0.15, 0.2) is 0 Å². The third-order valence-electron chi connectivity index (χ3n) is 4.42. The molecule has 0 aromatic rings. The lowest BCUT2D eigenvalue weighted by Crippen LogP contribution is -2.66. The van der Waals surface area contributed by atoms with E-state index in [1.165, 1.54) is 0 Å². The number of hydrogen-bond donors (Lipinski definition) is 1. The molecule has 2 aliphatic rings. The van der Waals surface area contributed by atoms with Gasteiger partial charge in [-0.2, -0.15) is 0 Å². The Kier molecular flexibility index (Phi) is 5.98. The lowest BCUT2D eigenvalue weighted by atomic mass is 10.1. The second-order valence-corrected chi connectivity index (χ2v) is 15.5. The van der Waals surface area contributed by atoms with E-state index in [0.29, 0.717) is 6.61 Å². The number of nitrogens with one attached hydrogen (secondary N) is 1. The average Bonchev–Trinajstić information content (AvgIpc) is 2.43. The van der Waals surface area contributed by atoms with Crippen molar-refractivity contribution in [3.8, 4) is 0 Å². The van der Waals surface area contributed by atoms with Crippen LogP contribution in [0, 0.1) is 0 Å².